The SMILES string of the molecule is COC(=O)c1cc(NC(C)CNc2ccc(-c3ccccc3)c[n+]2[O-])ccc1-c1ccnn1C. The minimum Gasteiger partial charge on any atom is -0.711 e. The van der Waals surface area contributed by atoms with Crippen LogP contribution in [-0.2, 0) is 11.8 Å². The van der Waals surface area contributed by atoms with Crippen molar-refractivity contribution in [2.45, 2.75) is 13.0 Å². The Morgan fingerprint density at radius 1 is 1.12 bits per heavy atom. The van der Waals surface area contributed by atoms with Gasteiger partial charge < -0.3 is 15.3 Å². The largest absolute Gasteiger partial charge is 0.711 e. The van der Waals surface area contributed by atoms with Crippen molar-refractivity contribution in [1.82, 2.24) is 9.78 Å². The van der Waals surface area contributed by atoms with Crippen LogP contribution < -0.4 is 15.4 Å². The van der Waals surface area contributed by atoms with Crippen molar-refractivity contribution < 1.29 is 14.3 Å². The van der Waals surface area contributed by atoms with E-state index in [0.717, 1.165) is 32.8 Å². The van der Waals surface area contributed by atoms with Crippen molar-refractivity contribution in [1.29, 1.82) is 0 Å². The Kier molecular flexibility index (Phi) is 6.77. The number of ether oxygens (including phenoxy) is 1. The van der Waals surface area contributed by atoms with Crippen LogP contribution in [0, 0.1) is 5.21 Å². The number of nitrogens with zero attached hydrogens (tertiary/aromatic N) is 3. The minimum atomic E-state index is -0.420. The van der Waals surface area contributed by atoms with Crippen LogP contribution in [0.5, 0.6) is 0 Å². The molecule has 0 spiro atoms. The van der Waals surface area contributed by atoms with Crippen molar-refractivity contribution in [2.24, 2.45) is 7.05 Å². The molecule has 8 heteroatoms. The highest BCUT2D eigenvalue weighted by Crippen LogP contribution is 2.27. The Hall–Kier alpha value is -4.33. The Bertz CT molecular complexity index is 1290. The number of rotatable bonds is 8. The van der Waals surface area contributed by atoms with Crippen molar-refractivity contribution in [2.75, 3.05) is 24.3 Å². The third-order valence-corrected chi connectivity index (χ3v) is 5.55. The van der Waals surface area contributed by atoms with Gasteiger partial charge in [-0.3, -0.25) is 10.00 Å². The summed E-state index contributed by atoms with van der Waals surface area (Å²) in [4.78, 5) is 12.4. The maximum atomic E-state index is 12.5. The van der Waals surface area contributed by atoms with E-state index in [0.29, 0.717) is 17.9 Å². The topological polar surface area (TPSA) is 95.1 Å². The second kappa shape index (κ2) is 10.1. The number of carbonyl (C=O) groups excluding carboxylic acids is 1. The lowest BCUT2D eigenvalue weighted by Gasteiger charge is -2.17. The summed E-state index contributed by atoms with van der Waals surface area (Å²) in [6.07, 6.45) is 3.25. The number of nitrogens with one attached hydrogen (secondary N) is 2. The van der Waals surface area contributed by atoms with Gasteiger partial charge in [-0.1, -0.05) is 30.3 Å². The van der Waals surface area contributed by atoms with Crippen LogP contribution in [0.25, 0.3) is 22.4 Å². The van der Waals surface area contributed by atoms with Gasteiger partial charge in [-0.05, 0) is 42.8 Å². The Morgan fingerprint density at radius 3 is 2.59 bits per heavy atom. The maximum Gasteiger partial charge on any atom is 0.338 e. The first-order valence-corrected chi connectivity index (χ1v) is 11.0. The fourth-order valence-corrected chi connectivity index (χ4v) is 3.79. The summed E-state index contributed by atoms with van der Waals surface area (Å²) in [6, 6.07) is 20.8. The highest BCUT2D eigenvalue weighted by Gasteiger charge is 2.17. The molecule has 174 valence electrons. The van der Waals surface area contributed by atoms with Gasteiger partial charge in [0.2, 0.25) is 0 Å². The number of aromatic nitrogens is 3. The number of hydrogen-bond acceptors (Lipinski definition) is 6. The quantitative estimate of drug-likeness (QED) is 0.235. The van der Waals surface area contributed by atoms with Gasteiger partial charge in [0.1, 0.15) is 12.7 Å². The first-order valence-electron chi connectivity index (χ1n) is 11.0. The summed E-state index contributed by atoms with van der Waals surface area (Å²) in [5.74, 6) is 0.0478. The molecule has 0 saturated heterocycles. The maximum absolute atomic E-state index is 12.5. The second-order valence-electron chi connectivity index (χ2n) is 8.01. The number of pyridine rings is 1. The van der Waals surface area contributed by atoms with Crippen molar-refractivity contribution in [3.63, 3.8) is 0 Å². The molecule has 0 fully saturated rings. The molecule has 0 radical (unpaired) electrons. The lowest BCUT2D eigenvalue weighted by atomic mass is 10.0. The highest BCUT2D eigenvalue weighted by molar-refractivity contribution is 5.98. The predicted molar refractivity (Wildman–Crippen MR) is 132 cm³/mol. The zero-order valence-corrected chi connectivity index (χ0v) is 19.4. The van der Waals surface area contributed by atoms with Crippen molar-refractivity contribution in [3.05, 3.63) is 89.9 Å². The van der Waals surface area contributed by atoms with Crippen molar-refractivity contribution >= 4 is 17.5 Å². The second-order valence-corrected chi connectivity index (χ2v) is 8.01. The molecule has 2 aromatic carbocycles. The van der Waals surface area contributed by atoms with Gasteiger partial charge in [0, 0.05) is 36.1 Å². The summed E-state index contributed by atoms with van der Waals surface area (Å²) in [6.45, 7) is 2.50. The van der Waals surface area contributed by atoms with E-state index in [4.69, 9.17) is 4.74 Å². The third kappa shape index (κ3) is 5.01. The summed E-state index contributed by atoms with van der Waals surface area (Å²) in [5, 5.41) is 23.2. The van der Waals surface area contributed by atoms with Crippen LogP contribution in [-0.4, -0.2) is 35.4 Å². The molecule has 2 aromatic heterocycles. The number of methoxy groups -OCH3 is 1. The molecule has 34 heavy (non-hydrogen) atoms. The van der Waals surface area contributed by atoms with Gasteiger partial charge in [0.05, 0.1) is 24.4 Å². The number of anilines is 2. The number of esters is 1. The number of carbonyl (C=O) groups is 1. The highest BCUT2D eigenvalue weighted by atomic mass is 16.5. The number of benzene rings is 2. The summed E-state index contributed by atoms with van der Waals surface area (Å²) in [7, 11) is 3.19. The van der Waals surface area contributed by atoms with Crippen molar-refractivity contribution in [3.8, 4) is 22.4 Å². The van der Waals surface area contributed by atoms with Crippen LogP contribution in [0.2, 0.25) is 0 Å². The van der Waals surface area contributed by atoms with E-state index in [1.807, 2.05) is 68.6 Å². The average molecular weight is 458 g/mol. The monoisotopic (exact) mass is 457 g/mol. The molecule has 0 aliphatic heterocycles. The Labute approximate surface area is 198 Å². The molecule has 1 unspecified atom stereocenters. The lowest BCUT2D eigenvalue weighted by molar-refractivity contribution is -0.589. The average Bonchev–Trinajstić information content (AvgIpc) is 3.28. The molecule has 2 N–H and O–H groups in total. The van der Waals surface area contributed by atoms with Gasteiger partial charge in [-0.25, -0.2) is 9.52 Å². The zero-order valence-electron chi connectivity index (χ0n) is 19.4. The molecule has 1 atom stereocenters. The summed E-state index contributed by atoms with van der Waals surface area (Å²) >= 11 is 0. The van der Waals surface area contributed by atoms with Gasteiger partial charge in [-0.15, -0.1) is 0 Å². The fraction of sp³-hybridized carbons (Fsp3) is 0.192. The molecule has 8 nitrogen and oxygen atoms in total. The number of aryl methyl sites for hydroxylation is 1. The van der Waals surface area contributed by atoms with E-state index in [1.54, 1.807) is 29.2 Å². The molecule has 4 rings (SSSR count). The smallest absolute Gasteiger partial charge is 0.338 e. The van der Waals surface area contributed by atoms with E-state index >= 15 is 0 Å². The normalized spacial score (nSPS) is 11.6. The molecule has 0 bridgehead atoms. The van der Waals surface area contributed by atoms with E-state index in [-0.39, 0.29) is 6.04 Å². The van der Waals surface area contributed by atoms with Crippen LogP contribution in [0.3, 0.4) is 0 Å². The standard InChI is InChI=1S/C26H27N5O3/c1-18(16-27-25-12-9-20(17-31(25)33)19-7-5-4-6-8-19)29-21-10-11-22(23(15-21)26(32)34-3)24-13-14-28-30(24)2/h4-15,17-18,27,29H,16H2,1-3H3. The molecular weight excluding hydrogens is 430 g/mol. The molecule has 0 amide bonds. The molecule has 0 aliphatic carbocycles. The first kappa shape index (κ1) is 22.8. The van der Waals surface area contributed by atoms with Gasteiger partial charge in [0.25, 0.3) is 5.82 Å². The van der Waals surface area contributed by atoms with E-state index in [1.165, 1.54) is 7.11 Å². The fourth-order valence-electron chi connectivity index (χ4n) is 3.79. The molecular formula is C26H27N5O3. The van der Waals surface area contributed by atoms with Crippen LogP contribution in [0.4, 0.5) is 11.5 Å². The third-order valence-electron chi connectivity index (χ3n) is 5.55. The summed E-state index contributed by atoms with van der Waals surface area (Å²) < 4.78 is 7.54. The molecule has 0 aliphatic rings. The van der Waals surface area contributed by atoms with Gasteiger partial charge in [0.15, 0.2) is 0 Å². The first-order chi connectivity index (χ1) is 16.5. The molecule has 2 heterocycles. The van der Waals surface area contributed by atoms with E-state index in [2.05, 4.69) is 15.7 Å². The minimum absolute atomic E-state index is 0.0261. The van der Waals surface area contributed by atoms with Crippen LogP contribution in [0.1, 0.15) is 17.3 Å². The Balaban J connectivity index is 1.44. The van der Waals surface area contributed by atoms with E-state index in [9.17, 15) is 10.0 Å². The zero-order chi connectivity index (χ0) is 24.1. The number of hydrogen-bond donors (Lipinski definition) is 2. The van der Waals surface area contributed by atoms with Crippen LogP contribution in [0.15, 0.2) is 79.1 Å². The van der Waals surface area contributed by atoms with Crippen LogP contribution >= 0.6 is 0 Å². The molecule has 4 aromatic rings. The predicted octanol–water partition coefficient (Wildman–Crippen LogP) is 4.09. The Morgan fingerprint density at radius 2 is 1.91 bits per heavy atom. The van der Waals surface area contributed by atoms with Gasteiger partial charge >= 0.3 is 5.97 Å². The molecule has 0 saturated carbocycles. The lowest BCUT2D eigenvalue weighted by Crippen LogP contribution is -2.34. The van der Waals surface area contributed by atoms with E-state index < -0.39 is 5.97 Å². The van der Waals surface area contributed by atoms with Gasteiger partial charge in [-0.2, -0.15) is 5.10 Å². The summed E-state index contributed by atoms with van der Waals surface area (Å²) in [5.41, 5.74) is 4.63.